The van der Waals surface area contributed by atoms with Crippen molar-refractivity contribution in [2.24, 2.45) is 0 Å². The zero-order chi connectivity index (χ0) is 15.7. The topological polar surface area (TPSA) is 88.2 Å². The number of nitrogens with one attached hydrogen (secondary N) is 1. The third kappa shape index (κ3) is 2.56. The van der Waals surface area contributed by atoms with Crippen molar-refractivity contribution in [2.45, 2.75) is 31.4 Å². The number of hydrogen-bond acceptors (Lipinski definition) is 5. The number of morpholine rings is 1. The van der Waals surface area contributed by atoms with Crippen LogP contribution in [-0.4, -0.2) is 78.7 Å². The predicted octanol–water partition coefficient (Wildman–Crippen LogP) is -0.665. The number of amides is 4. The van der Waals surface area contributed by atoms with E-state index >= 15 is 0 Å². The van der Waals surface area contributed by atoms with E-state index < -0.39 is 11.6 Å². The highest BCUT2D eigenvalue weighted by Crippen LogP contribution is 2.26. The van der Waals surface area contributed by atoms with Crippen LogP contribution in [0, 0.1) is 0 Å². The van der Waals surface area contributed by atoms with Crippen LogP contribution in [0.1, 0.15) is 19.8 Å². The number of hydrogen-bond donors (Lipinski definition) is 1. The Hall–Kier alpha value is -1.67. The molecular formula is C14H21N3O5. The van der Waals surface area contributed by atoms with Gasteiger partial charge in [0, 0.05) is 26.1 Å². The molecule has 0 aliphatic carbocycles. The molecule has 0 saturated carbocycles. The van der Waals surface area contributed by atoms with E-state index in [4.69, 9.17) is 9.47 Å². The summed E-state index contributed by atoms with van der Waals surface area (Å²) in [6, 6.07) is -0.510. The number of urea groups is 1. The van der Waals surface area contributed by atoms with Gasteiger partial charge in [0.05, 0.1) is 19.3 Å². The minimum absolute atomic E-state index is 0.0235. The summed E-state index contributed by atoms with van der Waals surface area (Å²) in [6.45, 7) is 3.89. The van der Waals surface area contributed by atoms with Crippen LogP contribution in [0.4, 0.5) is 4.79 Å². The summed E-state index contributed by atoms with van der Waals surface area (Å²) in [5, 5.41) is 2.67. The fraction of sp³-hybridized carbons (Fsp3) is 0.786. The molecule has 8 nitrogen and oxygen atoms in total. The van der Waals surface area contributed by atoms with E-state index in [0.29, 0.717) is 32.7 Å². The Bertz CT molecular complexity index is 489. The quantitative estimate of drug-likeness (QED) is 0.699. The monoisotopic (exact) mass is 311 g/mol. The SMILES string of the molecule is CC[C@H]1CN(C(=O)CN2C(=O)N[C@]3(CCOC3)C2=O)CCO1. The number of rotatable bonds is 3. The van der Waals surface area contributed by atoms with Gasteiger partial charge >= 0.3 is 6.03 Å². The molecule has 3 rings (SSSR count). The molecule has 0 aromatic heterocycles. The molecule has 1 N–H and O–H groups in total. The molecule has 3 aliphatic rings. The van der Waals surface area contributed by atoms with Crippen LogP contribution >= 0.6 is 0 Å². The van der Waals surface area contributed by atoms with E-state index in [2.05, 4.69) is 5.32 Å². The third-order valence-corrected chi connectivity index (χ3v) is 4.51. The van der Waals surface area contributed by atoms with Crippen LogP contribution < -0.4 is 5.32 Å². The van der Waals surface area contributed by atoms with Gasteiger partial charge in [-0.1, -0.05) is 6.92 Å². The van der Waals surface area contributed by atoms with E-state index in [9.17, 15) is 14.4 Å². The normalized spacial score (nSPS) is 32.0. The van der Waals surface area contributed by atoms with Gasteiger partial charge in [-0.25, -0.2) is 4.79 Å². The summed E-state index contributed by atoms with van der Waals surface area (Å²) in [5.74, 6) is -0.579. The fourth-order valence-corrected chi connectivity index (χ4v) is 3.08. The van der Waals surface area contributed by atoms with Crippen LogP contribution in [0.3, 0.4) is 0 Å². The Kier molecular flexibility index (Phi) is 4.05. The average molecular weight is 311 g/mol. The molecule has 0 radical (unpaired) electrons. The van der Waals surface area contributed by atoms with E-state index in [1.807, 2.05) is 6.92 Å². The Labute approximate surface area is 128 Å². The molecule has 122 valence electrons. The lowest BCUT2D eigenvalue weighted by Crippen LogP contribution is -2.51. The molecule has 4 amide bonds. The van der Waals surface area contributed by atoms with Crippen molar-refractivity contribution in [2.75, 3.05) is 39.5 Å². The first-order valence-electron chi connectivity index (χ1n) is 7.67. The third-order valence-electron chi connectivity index (χ3n) is 4.51. The number of nitrogens with zero attached hydrogens (tertiary/aromatic N) is 2. The molecule has 3 heterocycles. The molecule has 0 unspecified atom stereocenters. The van der Waals surface area contributed by atoms with Crippen molar-refractivity contribution in [3.63, 3.8) is 0 Å². The Morgan fingerprint density at radius 1 is 1.41 bits per heavy atom. The molecule has 0 bridgehead atoms. The van der Waals surface area contributed by atoms with Crippen LogP contribution in [-0.2, 0) is 19.1 Å². The summed E-state index contributed by atoms with van der Waals surface area (Å²) in [5.41, 5.74) is -0.964. The molecule has 3 saturated heterocycles. The standard InChI is InChI=1S/C14H21N3O5/c1-2-10-7-16(4-6-22-10)11(18)8-17-12(19)14(15-13(17)20)3-5-21-9-14/h10H,2-9H2,1H3,(H,15,20)/t10-,14-/m0/s1. The predicted molar refractivity (Wildman–Crippen MR) is 75.0 cm³/mol. The van der Waals surface area contributed by atoms with E-state index in [-0.39, 0.29) is 31.1 Å². The molecule has 0 aromatic rings. The highest BCUT2D eigenvalue weighted by Gasteiger charge is 2.54. The van der Waals surface area contributed by atoms with Gasteiger partial charge in [-0.15, -0.1) is 0 Å². The number of ether oxygens (including phenoxy) is 2. The van der Waals surface area contributed by atoms with Gasteiger partial charge in [0.15, 0.2) is 0 Å². The zero-order valence-corrected chi connectivity index (χ0v) is 12.7. The van der Waals surface area contributed by atoms with Crippen molar-refractivity contribution in [1.82, 2.24) is 15.1 Å². The van der Waals surface area contributed by atoms with Crippen molar-refractivity contribution < 1.29 is 23.9 Å². The van der Waals surface area contributed by atoms with Gasteiger partial charge in [0.1, 0.15) is 12.1 Å². The summed E-state index contributed by atoms with van der Waals surface area (Å²) < 4.78 is 10.8. The second-order valence-corrected chi connectivity index (χ2v) is 5.95. The van der Waals surface area contributed by atoms with Gasteiger partial charge in [0.2, 0.25) is 5.91 Å². The first-order chi connectivity index (χ1) is 10.6. The van der Waals surface area contributed by atoms with E-state index in [0.717, 1.165) is 11.3 Å². The number of carbonyl (C=O) groups excluding carboxylic acids is 3. The summed E-state index contributed by atoms with van der Waals surface area (Å²) in [7, 11) is 0. The summed E-state index contributed by atoms with van der Waals surface area (Å²) in [6.07, 6.45) is 1.31. The van der Waals surface area contributed by atoms with E-state index in [1.54, 1.807) is 4.90 Å². The minimum Gasteiger partial charge on any atom is -0.378 e. The molecule has 22 heavy (non-hydrogen) atoms. The molecule has 1 spiro atoms. The second-order valence-electron chi connectivity index (χ2n) is 5.95. The van der Waals surface area contributed by atoms with Crippen molar-refractivity contribution in [1.29, 1.82) is 0 Å². The number of carbonyl (C=O) groups is 3. The minimum atomic E-state index is -0.964. The lowest BCUT2D eigenvalue weighted by molar-refractivity contribution is -0.143. The Morgan fingerprint density at radius 2 is 2.23 bits per heavy atom. The summed E-state index contributed by atoms with van der Waals surface area (Å²) >= 11 is 0. The largest absolute Gasteiger partial charge is 0.378 e. The maximum Gasteiger partial charge on any atom is 0.325 e. The van der Waals surface area contributed by atoms with E-state index in [1.165, 1.54) is 0 Å². The lowest BCUT2D eigenvalue weighted by Gasteiger charge is -2.33. The van der Waals surface area contributed by atoms with Crippen LogP contribution in [0.2, 0.25) is 0 Å². The first-order valence-corrected chi connectivity index (χ1v) is 7.67. The fourth-order valence-electron chi connectivity index (χ4n) is 3.08. The first kappa shape index (κ1) is 15.2. The van der Waals surface area contributed by atoms with Crippen molar-refractivity contribution in [3.8, 4) is 0 Å². The zero-order valence-electron chi connectivity index (χ0n) is 12.7. The van der Waals surface area contributed by atoms with Gasteiger partial charge in [-0.2, -0.15) is 0 Å². The molecule has 8 heteroatoms. The lowest BCUT2D eigenvalue weighted by atomic mass is 9.99. The summed E-state index contributed by atoms with van der Waals surface area (Å²) in [4.78, 5) is 39.5. The highest BCUT2D eigenvalue weighted by molar-refractivity contribution is 6.09. The van der Waals surface area contributed by atoms with Gasteiger partial charge in [0.25, 0.3) is 5.91 Å². The molecule has 3 fully saturated rings. The van der Waals surface area contributed by atoms with Crippen LogP contribution in [0.5, 0.6) is 0 Å². The molecule has 2 atom stereocenters. The van der Waals surface area contributed by atoms with Crippen molar-refractivity contribution >= 4 is 17.8 Å². The smallest absolute Gasteiger partial charge is 0.325 e. The Balaban J connectivity index is 1.64. The molecule has 3 aliphatic heterocycles. The van der Waals surface area contributed by atoms with Crippen LogP contribution in [0.25, 0.3) is 0 Å². The molecular weight excluding hydrogens is 290 g/mol. The highest BCUT2D eigenvalue weighted by atomic mass is 16.5. The van der Waals surface area contributed by atoms with Crippen molar-refractivity contribution in [3.05, 3.63) is 0 Å². The maximum atomic E-state index is 12.4. The second kappa shape index (κ2) is 5.85. The number of imide groups is 1. The Morgan fingerprint density at radius 3 is 2.91 bits per heavy atom. The van der Waals surface area contributed by atoms with Crippen LogP contribution in [0.15, 0.2) is 0 Å². The van der Waals surface area contributed by atoms with Gasteiger partial charge in [-0.05, 0) is 6.42 Å². The average Bonchev–Trinajstić information content (AvgIpc) is 3.08. The maximum absolute atomic E-state index is 12.4. The molecule has 0 aromatic carbocycles. The van der Waals surface area contributed by atoms with Gasteiger partial charge in [-0.3, -0.25) is 14.5 Å². The van der Waals surface area contributed by atoms with Gasteiger partial charge < -0.3 is 19.7 Å².